The van der Waals surface area contributed by atoms with E-state index in [9.17, 15) is 13.2 Å². The smallest absolute Gasteiger partial charge is 0.224 e. The normalized spacial score (nSPS) is 17.9. The van der Waals surface area contributed by atoms with E-state index in [0.29, 0.717) is 31.7 Å². The first-order chi connectivity index (χ1) is 14.0. The van der Waals surface area contributed by atoms with Crippen molar-refractivity contribution in [3.8, 4) is 0 Å². The monoisotopic (exact) mass is 439 g/mol. The van der Waals surface area contributed by atoms with Gasteiger partial charge >= 0.3 is 0 Å². The van der Waals surface area contributed by atoms with Crippen molar-refractivity contribution in [3.63, 3.8) is 0 Å². The van der Waals surface area contributed by atoms with Crippen molar-refractivity contribution in [2.45, 2.75) is 64.7 Å². The van der Waals surface area contributed by atoms with Crippen molar-refractivity contribution in [1.82, 2.24) is 4.72 Å². The summed E-state index contributed by atoms with van der Waals surface area (Å²) < 4.78 is 31.6. The van der Waals surface area contributed by atoms with Crippen molar-refractivity contribution in [3.05, 3.63) is 24.3 Å². The Bertz CT molecular complexity index is 786. The van der Waals surface area contributed by atoms with Crippen LogP contribution in [0.1, 0.15) is 53.9 Å². The molecule has 0 aliphatic carbocycles. The summed E-state index contributed by atoms with van der Waals surface area (Å²) in [4.78, 5) is 14.5. The van der Waals surface area contributed by atoms with E-state index in [2.05, 4.69) is 28.8 Å². The van der Waals surface area contributed by atoms with E-state index >= 15 is 0 Å². The molecule has 1 amide bonds. The number of benzene rings is 1. The lowest BCUT2D eigenvalue weighted by molar-refractivity contribution is -0.116. The van der Waals surface area contributed by atoms with Crippen LogP contribution in [0.5, 0.6) is 0 Å². The molecule has 1 aromatic carbocycles. The molecule has 1 aromatic rings. The van der Waals surface area contributed by atoms with E-state index in [1.54, 1.807) is 20.8 Å². The predicted molar refractivity (Wildman–Crippen MR) is 122 cm³/mol. The first-order valence-electron chi connectivity index (χ1n) is 10.8. The van der Waals surface area contributed by atoms with Crippen LogP contribution in [0.3, 0.4) is 0 Å². The predicted octanol–water partition coefficient (Wildman–Crippen LogP) is 3.37. The maximum atomic E-state index is 12.2. The number of sulfonamides is 1. The summed E-state index contributed by atoms with van der Waals surface area (Å²) in [7, 11) is -3.33. The quantitative estimate of drug-likeness (QED) is 0.576. The third-order valence-corrected chi connectivity index (χ3v) is 7.48. The van der Waals surface area contributed by atoms with Crippen molar-refractivity contribution in [1.29, 1.82) is 0 Å². The molecule has 0 spiro atoms. The van der Waals surface area contributed by atoms with Crippen LogP contribution in [-0.4, -0.2) is 51.4 Å². The van der Waals surface area contributed by atoms with E-state index in [-0.39, 0.29) is 12.0 Å². The van der Waals surface area contributed by atoms with E-state index in [0.717, 1.165) is 31.1 Å². The molecule has 1 aliphatic heterocycles. The summed E-state index contributed by atoms with van der Waals surface area (Å²) in [6.07, 6.45) is 1.85. The average molecular weight is 440 g/mol. The van der Waals surface area contributed by atoms with Gasteiger partial charge in [-0.1, -0.05) is 13.8 Å². The highest BCUT2D eigenvalue weighted by molar-refractivity contribution is 7.90. The Kier molecular flexibility index (Phi) is 8.70. The molecule has 2 rings (SSSR count). The highest BCUT2D eigenvalue weighted by atomic mass is 32.2. The highest BCUT2D eigenvalue weighted by Gasteiger charge is 2.28. The molecule has 1 atom stereocenters. The molecule has 2 N–H and O–H groups in total. The van der Waals surface area contributed by atoms with Crippen LogP contribution in [0.2, 0.25) is 0 Å². The van der Waals surface area contributed by atoms with Crippen molar-refractivity contribution in [2.24, 2.45) is 5.92 Å². The molecule has 1 heterocycles. The maximum Gasteiger partial charge on any atom is 0.224 e. The number of carbonyl (C=O) groups is 1. The standard InChI is InChI=1S/C22H37N3O4S/c1-17(2)20-16-25(14-15-29-20)19-11-9-18(10-12-19)24-21(26)8-6-7-13-23-30(27,28)22(3,4)5/h9-12,17,20,23H,6-8,13-16H2,1-5H3,(H,24,26). The first kappa shape index (κ1) is 24.6. The molecule has 8 heteroatoms. The van der Waals surface area contributed by atoms with Gasteiger partial charge in [-0.3, -0.25) is 4.79 Å². The Morgan fingerprint density at radius 1 is 1.20 bits per heavy atom. The topological polar surface area (TPSA) is 87.7 Å². The summed E-state index contributed by atoms with van der Waals surface area (Å²) >= 11 is 0. The molecule has 30 heavy (non-hydrogen) atoms. The molecule has 1 fully saturated rings. The maximum absolute atomic E-state index is 12.2. The molecule has 1 saturated heterocycles. The molecule has 1 unspecified atom stereocenters. The summed E-state index contributed by atoms with van der Waals surface area (Å²) in [5.41, 5.74) is 1.90. The first-order valence-corrected chi connectivity index (χ1v) is 12.2. The lowest BCUT2D eigenvalue weighted by atomic mass is 10.1. The number of nitrogens with zero attached hydrogens (tertiary/aromatic N) is 1. The van der Waals surface area contributed by atoms with Gasteiger partial charge in [-0.25, -0.2) is 13.1 Å². The van der Waals surface area contributed by atoms with Crippen LogP contribution >= 0.6 is 0 Å². The van der Waals surface area contributed by atoms with Gasteiger partial charge in [-0.05, 0) is 63.8 Å². The Morgan fingerprint density at radius 3 is 2.47 bits per heavy atom. The third-order valence-electron chi connectivity index (χ3n) is 5.28. The number of ether oxygens (including phenoxy) is 1. The van der Waals surface area contributed by atoms with Crippen LogP contribution in [0.15, 0.2) is 24.3 Å². The van der Waals surface area contributed by atoms with Crippen molar-refractivity contribution >= 4 is 27.3 Å². The Hall–Kier alpha value is -1.64. The van der Waals surface area contributed by atoms with Crippen LogP contribution in [0, 0.1) is 5.92 Å². The number of morpholine rings is 1. The number of hydrogen-bond acceptors (Lipinski definition) is 5. The fraction of sp³-hybridized carbons (Fsp3) is 0.682. The van der Waals surface area contributed by atoms with Crippen molar-refractivity contribution < 1.29 is 17.9 Å². The van der Waals surface area contributed by atoms with Gasteiger partial charge in [0.05, 0.1) is 17.5 Å². The van der Waals surface area contributed by atoms with Gasteiger partial charge in [0.1, 0.15) is 0 Å². The molecule has 0 radical (unpaired) electrons. The molecule has 7 nitrogen and oxygen atoms in total. The largest absolute Gasteiger partial charge is 0.374 e. The van der Waals surface area contributed by atoms with Gasteiger partial charge in [0, 0.05) is 37.4 Å². The molecule has 170 valence electrons. The van der Waals surface area contributed by atoms with Gasteiger partial charge < -0.3 is 15.0 Å². The SMILES string of the molecule is CC(C)C1CN(c2ccc(NC(=O)CCCCNS(=O)(=O)C(C)(C)C)cc2)CCO1. The number of hydrogen-bond donors (Lipinski definition) is 2. The second kappa shape index (κ2) is 10.6. The van der Waals surface area contributed by atoms with E-state index in [4.69, 9.17) is 4.74 Å². The average Bonchev–Trinajstić information content (AvgIpc) is 2.67. The van der Waals surface area contributed by atoms with Crippen LogP contribution in [0.4, 0.5) is 11.4 Å². The van der Waals surface area contributed by atoms with Crippen LogP contribution in [0.25, 0.3) is 0 Å². The Balaban J connectivity index is 1.73. The second-order valence-corrected chi connectivity index (χ2v) is 11.7. The molecule has 0 saturated carbocycles. The van der Waals surface area contributed by atoms with Gasteiger partial charge in [-0.15, -0.1) is 0 Å². The van der Waals surface area contributed by atoms with E-state index in [1.165, 1.54) is 0 Å². The van der Waals surface area contributed by atoms with Crippen LogP contribution < -0.4 is 14.9 Å². The molecule has 0 bridgehead atoms. The van der Waals surface area contributed by atoms with Crippen LogP contribution in [-0.2, 0) is 19.6 Å². The number of amides is 1. The zero-order valence-corrected chi connectivity index (χ0v) is 19.7. The lowest BCUT2D eigenvalue weighted by Gasteiger charge is -2.36. The zero-order chi connectivity index (χ0) is 22.4. The number of rotatable bonds is 9. The Morgan fingerprint density at radius 2 is 1.87 bits per heavy atom. The van der Waals surface area contributed by atoms with Crippen molar-refractivity contribution in [2.75, 3.05) is 36.5 Å². The fourth-order valence-electron chi connectivity index (χ4n) is 3.13. The Labute approximate surface area is 181 Å². The second-order valence-electron chi connectivity index (χ2n) is 9.16. The number of unbranched alkanes of at least 4 members (excludes halogenated alkanes) is 1. The van der Waals surface area contributed by atoms with E-state index < -0.39 is 14.8 Å². The minimum absolute atomic E-state index is 0.0623. The summed E-state index contributed by atoms with van der Waals surface area (Å²) in [6.45, 7) is 12.2. The number of carbonyl (C=O) groups excluding carboxylic acids is 1. The van der Waals surface area contributed by atoms with Gasteiger partial charge in [0.2, 0.25) is 15.9 Å². The summed E-state index contributed by atoms with van der Waals surface area (Å²) in [6, 6.07) is 7.90. The van der Waals surface area contributed by atoms with Gasteiger partial charge in [-0.2, -0.15) is 0 Å². The zero-order valence-electron chi connectivity index (χ0n) is 18.9. The van der Waals surface area contributed by atoms with E-state index in [1.807, 2.05) is 24.3 Å². The summed E-state index contributed by atoms with van der Waals surface area (Å²) in [5.74, 6) is 0.419. The third kappa shape index (κ3) is 7.25. The molecular weight excluding hydrogens is 402 g/mol. The number of anilines is 2. The number of nitrogens with one attached hydrogen (secondary N) is 2. The summed E-state index contributed by atoms with van der Waals surface area (Å²) in [5, 5.41) is 2.91. The lowest BCUT2D eigenvalue weighted by Crippen LogP contribution is -2.44. The highest BCUT2D eigenvalue weighted by Crippen LogP contribution is 2.22. The molecule has 1 aliphatic rings. The van der Waals surface area contributed by atoms with Gasteiger partial charge in [0.15, 0.2) is 0 Å². The molecular formula is C22H37N3O4S. The fourth-order valence-corrected chi connectivity index (χ4v) is 3.97. The molecule has 0 aromatic heterocycles. The minimum atomic E-state index is -3.33. The van der Waals surface area contributed by atoms with Gasteiger partial charge in [0.25, 0.3) is 0 Å². The minimum Gasteiger partial charge on any atom is -0.374 e.